The largest absolute Gasteiger partial charge is 0.483 e. The third-order valence-electron chi connectivity index (χ3n) is 18.5. The average Bonchev–Trinajstić information content (AvgIpc) is 1.58. The summed E-state index contributed by atoms with van der Waals surface area (Å²) in [5.74, 6) is 4.58. The molecule has 550 valence electrons. The monoisotopic (exact) mass is 1430 g/mol. The molecule has 7 N–H and O–H groups in total. The maximum atomic E-state index is 14.7. The Labute approximate surface area is 605 Å². The average molecular weight is 1430 g/mol. The molecule has 0 spiro atoms. The van der Waals surface area contributed by atoms with Crippen LogP contribution in [0.2, 0.25) is 0 Å². The van der Waals surface area contributed by atoms with Crippen molar-refractivity contribution < 1.29 is 67.0 Å². The Morgan fingerprint density at radius 3 is 2.06 bits per heavy atom. The molecule has 4 heterocycles. The number of aliphatic hydroxyl groups excluding tert-OH is 2. The molecule has 0 radical (unpaired) electrons. The lowest BCUT2D eigenvalue weighted by atomic mass is 9.85. The maximum absolute atomic E-state index is 14.7. The Hall–Kier alpha value is -8.71. The lowest BCUT2D eigenvalue weighted by Gasteiger charge is -2.35. The second kappa shape index (κ2) is 37.6. The van der Waals surface area contributed by atoms with Gasteiger partial charge in [0.15, 0.2) is 12.3 Å². The van der Waals surface area contributed by atoms with Crippen molar-refractivity contribution in [1.29, 1.82) is 5.41 Å². The van der Waals surface area contributed by atoms with E-state index < -0.39 is 52.9 Å². The van der Waals surface area contributed by atoms with Gasteiger partial charge in [0.1, 0.15) is 29.0 Å². The van der Waals surface area contributed by atoms with Crippen LogP contribution in [0.5, 0.6) is 5.75 Å². The summed E-state index contributed by atoms with van der Waals surface area (Å²) in [4.78, 5) is 77.5. The fourth-order valence-electron chi connectivity index (χ4n) is 12.7. The Balaban J connectivity index is 0.548. The number of β-amino-alcohol motifs (C(OH)–C–C–N with tert-alkyl or cyclic N) is 1. The fraction of sp³-hybridized carbons (Fsp3) is 0.487. The Bertz CT molecular complexity index is 4100. The number of fused-ring (bicyclic) bond motifs is 1. The van der Waals surface area contributed by atoms with Gasteiger partial charge in [0.05, 0.1) is 112 Å². The van der Waals surface area contributed by atoms with Crippen LogP contribution in [0.4, 0.5) is 4.39 Å². The van der Waals surface area contributed by atoms with Gasteiger partial charge in [-0.15, -0.1) is 11.3 Å². The van der Waals surface area contributed by atoms with Crippen molar-refractivity contribution >= 4 is 51.9 Å². The quantitative estimate of drug-likeness (QED) is 0.0142. The predicted octanol–water partition coefficient (Wildman–Crippen LogP) is 8.52. The molecule has 3 aromatic heterocycles. The lowest BCUT2D eigenvalue weighted by molar-refractivity contribution is -0.145. The van der Waals surface area contributed by atoms with E-state index in [0.29, 0.717) is 102 Å². The van der Waals surface area contributed by atoms with Gasteiger partial charge in [0, 0.05) is 74.7 Å². The highest BCUT2D eigenvalue weighted by molar-refractivity contribution is 7.13. The van der Waals surface area contributed by atoms with E-state index in [1.807, 2.05) is 72.4 Å². The molecule has 3 fully saturated rings. The van der Waals surface area contributed by atoms with Gasteiger partial charge in [-0.3, -0.25) is 29.4 Å². The van der Waals surface area contributed by atoms with Crippen molar-refractivity contribution in [1.82, 2.24) is 45.3 Å². The van der Waals surface area contributed by atoms with E-state index in [0.717, 1.165) is 86.4 Å². The summed E-state index contributed by atoms with van der Waals surface area (Å²) in [7, 11) is 0. The number of unbranched alkanes of at least 4 members (excludes halogenated alkanes) is 2. The first-order valence-corrected chi connectivity index (χ1v) is 36.6. The summed E-state index contributed by atoms with van der Waals surface area (Å²) in [5, 5.41) is 42.6. The smallest absolute Gasteiger partial charge is 0.258 e. The van der Waals surface area contributed by atoms with Crippen molar-refractivity contribution in [2.45, 2.75) is 147 Å². The fourth-order valence-corrected chi connectivity index (χ4v) is 13.5. The Kier molecular flexibility index (Phi) is 28.1. The number of nitrogens with one attached hydrogen (secondary N) is 5. The normalized spacial score (nSPS) is 17.3. The zero-order chi connectivity index (χ0) is 72.7. The first-order valence-electron chi connectivity index (χ1n) is 35.7. The number of nitrogens with zero attached hydrogens (tertiary/aromatic N) is 5. The van der Waals surface area contributed by atoms with Crippen LogP contribution in [-0.2, 0) is 60.7 Å². The van der Waals surface area contributed by atoms with Gasteiger partial charge < -0.3 is 73.9 Å². The molecule has 1 saturated heterocycles. The number of amides is 5. The second-order valence-electron chi connectivity index (χ2n) is 27.4. The van der Waals surface area contributed by atoms with E-state index in [2.05, 4.69) is 79.1 Å². The number of likely N-dealkylation sites (tertiary alicyclic amines) is 1. The number of carbonyl (C=O) groups excluding carboxylic acids is 5. The summed E-state index contributed by atoms with van der Waals surface area (Å²) in [6.45, 7) is 11.3. The number of halogens is 1. The van der Waals surface area contributed by atoms with Crippen LogP contribution in [0.15, 0.2) is 115 Å². The number of ether oxygens (including phenoxy) is 6. The van der Waals surface area contributed by atoms with Gasteiger partial charge in [-0.1, -0.05) is 118 Å². The van der Waals surface area contributed by atoms with E-state index >= 15 is 0 Å². The van der Waals surface area contributed by atoms with Crippen molar-refractivity contribution in [3.8, 4) is 50.4 Å². The highest BCUT2D eigenvalue weighted by Crippen LogP contribution is 2.42. The first-order chi connectivity index (χ1) is 49.8. The zero-order valence-corrected chi connectivity index (χ0v) is 60.2. The number of aromatic nitrogens is 4. The number of aliphatic hydroxyl groups is 2. The molecule has 1 aliphatic heterocycles. The molecule has 10 rings (SSSR count). The summed E-state index contributed by atoms with van der Waals surface area (Å²) in [6.07, 6.45) is 6.26. The molecule has 7 aromatic rings. The van der Waals surface area contributed by atoms with E-state index in [1.54, 1.807) is 38.4 Å². The number of alkyl halides is 1. The minimum absolute atomic E-state index is 0.0311. The first kappa shape index (κ1) is 76.9. The van der Waals surface area contributed by atoms with Crippen LogP contribution in [0.25, 0.3) is 43.9 Å². The molecule has 2 saturated carbocycles. The van der Waals surface area contributed by atoms with E-state index in [-0.39, 0.29) is 83.2 Å². The zero-order valence-electron chi connectivity index (χ0n) is 59.4. The molecule has 3 atom stereocenters. The summed E-state index contributed by atoms with van der Waals surface area (Å²) in [5.41, 5.74) is 8.26. The van der Waals surface area contributed by atoms with Crippen LogP contribution in [0.3, 0.4) is 0 Å². The van der Waals surface area contributed by atoms with Crippen LogP contribution in [0, 0.1) is 29.6 Å². The number of hydrogen-bond donors (Lipinski definition) is 7. The summed E-state index contributed by atoms with van der Waals surface area (Å²) >= 11 is 1.45. The number of carbonyl (C=O) groups is 5. The molecule has 0 unspecified atom stereocenters. The van der Waals surface area contributed by atoms with Crippen LogP contribution in [-0.4, -0.2) is 186 Å². The third-order valence-corrected chi connectivity index (χ3v) is 19.5. The summed E-state index contributed by atoms with van der Waals surface area (Å²) < 4.78 is 53.0. The lowest BCUT2D eigenvalue weighted by Crippen LogP contribution is -2.59. The molecule has 3 aliphatic rings. The minimum atomic E-state index is -2.00. The van der Waals surface area contributed by atoms with Crippen molar-refractivity contribution in [2.75, 3.05) is 92.3 Å². The molecule has 0 bridgehead atoms. The minimum Gasteiger partial charge on any atom is -0.483 e. The Morgan fingerprint density at radius 2 is 1.40 bits per heavy atom. The van der Waals surface area contributed by atoms with E-state index in [4.69, 9.17) is 33.4 Å². The highest BCUT2D eigenvalue weighted by atomic mass is 32.1. The number of thiazole rings is 1. The molecular weight excluding hydrogens is 1340 g/mol. The number of hydrogen-bond acceptors (Lipinski definition) is 17. The third kappa shape index (κ3) is 21.7. The maximum Gasteiger partial charge on any atom is 0.258 e. The molecule has 4 aromatic carbocycles. The highest BCUT2D eigenvalue weighted by Gasteiger charge is 2.53. The topological polar surface area (TPSA) is 292 Å². The van der Waals surface area contributed by atoms with Crippen LogP contribution >= 0.6 is 11.3 Å². The van der Waals surface area contributed by atoms with Crippen molar-refractivity contribution in [2.24, 2.45) is 5.41 Å². The molecule has 23 nitrogen and oxygen atoms in total. The van der Waals surface area contributed by atoms with E-state index in [9.17, 15) is 44.0 Å². The molecule has 2 aliphatic carbocycles. The second-order valence-corrected chi connectivity index (χ2v) is 28.3. The van der Waals surface area contributed by atoms with Gasteiger partial charge in [-0.2, -0.15) is 0 Å². The number of benzene rings is 4. The molecule has 5 amide bonds. The van der Waals surface area contributed by atoms with Crippen molar-refractivity contribution in [3.63, 3.8) is 0 Å². The standard InChI is InChI=1S/C78H97FN10O13S/c1-53-70(103-52-85-53)58-23-24-59(47-83-74(94)63-46-62(91)49-87(63)75(95)71(77(2,3)4)86-76(96)78(79)30-31-78)64(45-58)102-50-66(93)82-33-35-98-37-39-100-41-43-101-42-40-99-38-36-97-34-29-65(92)81-32-14-6-5-9-16-54-17-15-18-55(44-54)48-88-69(57-21-12-8-13-22-57)67(56-19-10-7-11-20-56)68-72(80)89(51-84-73(68)88)60-25-27-61(90)28-26-60/h7-8,10-13,15,17-24,44-45,51-52,60-63,71,80,90-91H,5-6,14,25-43,46-50H2,1-4H3,(H,81,92)(H,82,93)(H,83,94)(H,86,96)/t60?,61?,62-,63+,71-/m1/s1. The van der Waals surface area contributed by atoms with Gasteiger partial charge in [-0.05, 0) is 104 Å². The van der Waals surface area contributed by atoms with Gasteiger partial charge in [-0.25, -0.2) is 14.4 Å². The molecular formula is C78H97FN10O13S. The predicted molar refractivity (Wildman–Crippen MR) is 389 cm³/mol. The number of aryl methyl sites for hydroxylation is 1. The molecule has 103 heavy (non-hydrogen) atoms. The van der Waals surface area contributed by atoms with Gasteiger partial charge in [0.2, 0.25) is 17.7 Å². The summed E-state index contributed by atoms with van der Waals surface area (Å²) in [6, 6.07) is 32.2. The van der Waals surface area contributed by atoms with E-state index in [1.165, 1.54) is 16.2 Å². The van der Waals surface area contributed by atoms with Crippen LogP contribution < -0.4 is 31.5 Å². The molecule has 25 heteroatoms. The number of rotatable bonds is 37. The van der Waals surface area contributed by atoms with Gasteiger partial charge >= 0.3 is 0 Å². The SMILES string of the molecule is Cc1ncsc1-c1ccc(CNC(=O)[C@@H]2C[C@@H](O)CN2C(=O)[C@@H](NC(=O)C2(F)CC2)C(C)(C)C)c(OCC(=O)NCCOCCOCCOCCOCCOCCC(=O)NCCCCC#Cc2cccc(Cn3c(-c4ccccc4)c(-c4ccccc4)c4c(=N)n(C5CCC(O)CC5)cnc43)c2)c1. The van der Waals surface area contributed by atoms with Crippen molar-refractivity contribution in [3.05, 3.63) is 143 Å². The van der Waals surface area contributed by atoms with Crippen LogP contribution in [0.1, 0.15) is 120 Å². The van der Waals surface area contributed by atoms with Gasteiger partial charge in [0.25, 0.3) is 11.8 Å². The Morgan fingerprint density at radius 1 is 0.738 bits per heavy atom.